The van der Waals surface area contributed by atoms with Crippen LogP contribution in [0.5, 0.6) is 0 Å². The Balaban J connectivity index is 0.00000132. The van der Waals surface area contributed by atoms with Crippen LogP contribution in [-0.4, -0.2) is 36.1 Å². The molecular formula is C17H22Cl3N3. The lowest BCUT2D eigenvalue weighted by atomic mass is 10.0. The molecule has 1 aliphatic heterocycles. The number of rotatable bonds is 4. The number of nitrogens with one attached hydrogen (secondary N) is 1. The van der Waals surface area contributed by atoms with E-state index in [9.17, 15) is 0 Å². The second-order valence-corrected chi connectivity index (χ2v) is 5.75. The Morgan fingerprint density at radius 1 is 1.26 bits per heavy atom. The molecule has 0 bridgehead atoms. The molecule has 0 aliphatic carbocycles. The maximum atomic E-state index is 6.47. The van der Waals surface area contributed by atoms with Gasteiger partial charge in [-0.05, 0) is 18.6 Å². The van der Waals surface area contributed by atoms with Gasteiger partial charge in [-0.1, -0.05) is 35.9 Å². The molecule has 23 heavy (non-hydrogen) atoms. The average Bonchev–Trinajstić information content (AvgIpc) is 2.53. The van der Waals surface area contributed by atoms with Gasteiger partial charge in [0.05, 0.1) is 5.52 Å². The van der Waals surface area contributed by atoms with E-state index in [0.29, 0.717) is 5.15 Å². The van der Waals surface area contributed by atoms with Gasteiger partial charge in [0.1, 0.15) is 5.15 Å². The van der Waals surface area contributed by atoms with Crippen molar-refractivity contribution in [2.24, 2.45) is 0 Å². The van der Waals surface area contributed by atoms with Crippen LogP contribution >= 0.6 is 36.4 Å². The fourth-order valence-corrected chi connectivity index (χ4v) is 3.24. The van der Waals surface area contributed by atoms with Crippen LogP contribution in [0.1, 0.15) is 18.0 Å². The topological polar surface area (TPSA) is 28.2 Å². The van der Waals surface area contributed by atoms with E-state index >= 15 is 0 Å². The van der Waals surface area contributed by atoms with Crippen LogP contribution in [0.4, 0.5) is 0 Å². The van der Waals surface area contributed by atoms with Gasteiger partial charge < -0.3 is 5.32 Å². The molecule has 1 aliphatic rings. The first-order chi connectivity index (χ1) is 10.3. The first kappa shape index (κ1) is 20.2. The lowest BCUT2D eigenvalue weighted by molar-refractivity contribution is 0.174. The van der Waals surface area contributed by atoms with Crippen LogP contribution < -0.4 is 5.32 Å². The molecule has 2 aromatic rings. The number of para-hydroxylation sites is 1. The van der Waals surface area contributed by atoms with Crippen molar-refractivity contribution < 1.29 is 0 Å². The molecule has 1 atom stereocenters. The number of nitrogens with zero attached hydrogens (tertiary/aromatic N) is 2. The van der Waals surface area contributed by atoms with Crippen LogP contribution in [-0.2, 0) is 0 Å². The highest BCUT2D eigenvalue weighted by Gasteiger charge is 2.23. The summed E-state index contributed by atoms with van der Waals surface area (Å²) in [6.45, 7) is 8.01. The zero-order valence-corrected chi connectivity index (χ0v) is 15.3. The molecule has 1 fully saturated rings. The zero-order chi connectivity index (χ0) is 14.7. The molecule has 0 unspecified atom stereocenters. The molecule has 126 valence electrons. The highest BCUT2D eigenvalue weighted by atomic mass is 35.5. The van der Waals surface area contributed by atoms with Crippen molar-refractivity contribution in [2.45, 2.75) is 12.5 Å². The molecule has 1 N–H and O–H groups in total. The molecule has 1 aromatic carbocycles. The fraction of sp³-hybridized carbons (Fsp3) is 0.353. The van der Waals surface area contributed by atoms with Crippen molar-refractivity contribution in [2.75, 3.05) is 26.2 Å². The molecule has 0 amide bonds. The summed E-state index contributed by atoms with van der Waals surface area (Å²) in [4.78, 5) is 7.03. The zero-order valence-electron chi connectivity index (χ0n) is 12.9. The van der Waals surface area contributed by atoms with Crippen molar-refractivity contribution in [3.8, 4) is 0 Å². The summed E-state index contributed by atoms with van der Waals surface area (Å²) >= 11 is 6.47. The maximum Gasteiger partial charge on any atom is 0.134 e. The summed E-state index contributed by atoms with van der Waals surface area (Å²) in [5.41, 5.74) is 2.06. The molecule has 0 radical (unpaired) electrons. The van der Waals surface area contributed by atoms with E-state index in [1.54, 1.807) is 0 Å². The highest BCUT2D eigenvalue weighted by molar-refractivity contribution is 6.30. The van der Waals surface area contributed by atoms with Gasteiger partial charge in [-0.25, -0.2) is 4.98 Å². The van der Waals surface area contributed by atoms with E-state index < -0.39 is 0 Å². The SMILES string of the molecule is C=CC[C@@H](c1cc2ccccc2nc1Cl)N1CCNCC1.Cl.Cl. The summed E-state index contributed by atoms with van der Waals surface area (Å²) < 4.78 is 0. The van der Waals surface area contributed by atoms with Crippen molar-refractivity contribution >= 4 is 47.3 Å². The maximum absolute atomic E-state index is 6.47. The minimum atomic E-state index is 0. The Morgan fingerprint density at radius 2 is 1.96 bits per heavy atom. The Hall–Kier alpha value is -0.840. The molecule has 6 heteroatoms. The number of aromatic nitrogens is 1. The van der Waals surface area contributed by atoms with Gasteiger partial charge in [0.2, 0.25) is 0 Å². The van der Waals surface area contributed by atoms with Crippen LogP contribution in [0.15, 0.2) is 43.0 Å². The van der Waals surface area contributed by atoms with Gasteiger partial charge in [0.15, 0.2) is 0 Å². The van der Waals surface area contributed by atoms with Crippen LogP contribution in [0, 0.1) is 0 Å². The number of hydrogen-bond acceptors (Lipinski definition) is 3. The number of hydrogen-bond donors (Lipinski definition) is 1. The summed E-state index contributed by atoms with van der Waals surface area (Å²) in [7, 11) is 0. The van der Waals surface area contributed by atoms with Gasteiger partial charge in [0, 0.05) is 43.2 Å². The number of halogens is 3. The van der Waals surface area contributed by atoms with Gasteiger partial charge in [0.25, 0.3) is 0 Å². The van der Waals surface area contributed by atoms with Crippen molar-refractivity contribution in [3.05, 3.63) is 53.7 Å². The van der Waals surface area contributed by atoms with Crippen molar-refractivity contribution in [3.63, 3.8) is 0 Å². The number of benzene rings is 1. The summed E-state index contributed by atoms with van der Waals surface area (Å²) in [5.74, 6) is 0. The monoisotopic (exact) mass is 373 g/mol. The van der Waals surface area contributed by atoms with Gasteiger partial charge in [-0.2, -0.15) is 0 Å². The minimum Gasteiger partial charge on any atom is -0.314 e. The predicted octanol–water partition coefficient (Wildman–Crippen LogP) is 4.25. The Morgan fingerprint density at radius 3 is 2.65 bits per heavy atom. The van der Waals surface area contributed by atoms with E-state index in [1.165, 1.54) is 0 Å². The summed E-state index contributed by atoms with van der Waals surface area (Å²) in [5, 5.41) is 5.14. The van der Waals surface area contributed by atoms with Crippen LogP contribution in [0.2, 0.25) is 5.15 Å². The quantitative estimate of drug-likeness (QED) is 0.640. The Labute approximate surface area is 154 Å². The molecule has 3 nitrogen and oxygen atoms in total. The van der Waals surface area contributed by atoms with Crippen LogP contribution in [0.25, 0.3) is 10.9 Å². The fourth-order valence-electron chi connectivity index (χ4n) is 2.97. The number of piperazine rings is 1. The van der Waals surface area contributed by atoms with Crippen molar-refractivity contribution in [1.82, 2.24) is 15.2 Å². The number of pyridine rings is 1. The normalized spacial score (nSPS) is 16.2. The van der Waals surface area contributed by atoms with Crippen LogP contribution in [0.3, 0.4) is 0 Å². The third kappa shape index (κ3) is 4.59. The first-order valence-corrected chi connectivity index (χ1v) is 7.78. The molecular weight excluding hydrogens is 353 g/mol. The van der Waals surface area contributed by atoms with E-state index in [1.807, 2.05) is 24.3 Å². The summed E-state index contributed by atoms with van der Waals surface area (Å²) in [6, 6.07) is 10.6. The van der Waals surface area contributed by atoms with E-state index in [-0.39, 0.29) is 30.9 Å². The molecule has 2 heterocycles. The van der Waals surface area contributed by atoms with E-state index in [2.05, 4.69) is 33.9 Å². The molecule has 1 aromatic heterocycles. The lowest BCUT2D eigenvalue weighted by Crippen LogP contribution is -2.45. The molecule has 0 saturated carbocycles. The standard InChI is InChI=1S/C17H20ClN3.2ClH/c1-2-5-16(21-10-8-19-9-11-21)14-12-13-6-3-4-7-15(13)20-17(14)18;;/h2-4,6-7,12,16,19H,1,5,8-11H2;2*1H/t16-;;/m0../s1. The second-order valence-electron chi connectivity index (χ2n) is 5.39. The molecule has 1 saturated heterocycles. The lowest BCUT2D eigenvalue weighted by Gasteiger charge is -2.35. The van der Waals surface area contributed by atoms with Gasteiger partial charge in [-0.3, -0.25) is 4.90 Å². The highest BCUT2D eigenvalue weighted by Crippen LogP contribution is 2.32. The largest absolute Gasteiger partial charge is 0.314 e. The minimum absolute atomic E-state index is 0. The predicted molar refractivity (Wildman–Crippen MR) is 103 cm³/mol. The first-order valence-electron chi connectivity index (χ1n) is 7.40. The van der Waals surface area contributed by atoms with Gasteiger partial charge >= 0.3 is 0 Å². The average molecular weight is 375 g/mol. The smallest absolute Gasteiger partial charge is 0.134 e. The second kappa shape index (κ2) is 9.45. The Kier molecular flexibility index (Phi) is 8.31. The third-order valence-corrected chi connectivity index (χ3v) is 4.35. The molecule has 3 rings (SSSR count). The molecule has 0 spiro atoms. The number of fused-ring (bicyclic) bond motifs is 1. The van der Waals surface area contributed by atoms with Crippen molar-refractivity contribution in [1.29, 1.82) is 0 Å². The van der Waals surface area contributed by atoms with E-state index in [0.717, 1.165) is 49.1 Å². The van der Waals surface area contributed by atoms with E-state index in [4.69, 9.17) is 11.6 Å². The van der Waals surface area contributed by atoms with Gasteiger partial charge in [-0.15, -0.1) is 31.4 Å². The Bertz CT molecular complexity index is 642. The third-order valence-electron chi connectivity index (χ3n) is 4.05. The summed E-state index contributed by atoms with van der Waals surface area (Å²) in [6.07, 6.45) is 2.86.